The van der Waals surface area contributed by atoms with Crippen molar-refractivity contribution in [1.29, 1.82) is 0 Å². The minimum atomic E-state index is 0.706. The number of ether oxygens (including phenoxy) is 1. The van der Waals surface area contributed by atoms with E-state index in [4.69, 9.17) is 4.74 Å². The first-order valence-corrected chi connectivity index (χ1v) is 4.68. The summed E-state index contributed by atoms with van der Waals surface area (Å²) >= 11 is 0. The van der Waals surface area contributed by atoms with Crippen molar-refractivity contribution in [3.63, 3.8) is 0 Å². The van der Waals surface area contributed by atoms with Crippen molar-refractivity contribution in [1.82, 2.24) is 4.98 Å². The van der Waals surface area contributed by atoms with Gasteiger partial charge in [-0.15, -0.1) is 0 Å². The first kappa shape index (κ1) is 7.62. The first-order chi connectivity index (χ1) is 6.93. The molecule has 2 heterocycles. The lowest BCUT2D eigenvalue weighted by Crippen LogP contribution is -2.00. The number of rotatable bonds is 1. The minimum absolute atomic E-state index is 0.706. The van der Waals surface area contributed by atoms with Gasteiger partial charge >= 0.3 is 0 Å². The molecule has 14 heavy (non-hydrogen) atoms. The molecule has 0 saturated carbocycles. The molecule has 2 aromatic rings. The number of nitrogens with one attached hydrogen (secondary N) is 1. The highest BCUT2D eigenvalue weighted by molar-refractivity contribution is 5.98. The Bertz CT molecular complexity index is 499. The maximum absolute atomic E-state index is 5.40. The van der Waals surface area contributed by atoms with Gasteiger partial charge in [0.15, 0.2) is 0 Å². The van der Waals surface area contributed by atoms with Gasteiger partial charge in [-0.05, 0) is 23.6 Å². The van der Waals surface area contributed by atoms with Crippen LogP contribution in [0.25, 0.3) is 10.9 Å². The molecular weight excluding hydrogens is 176 g/mol. The van der Waals surface area contributed by atoms with Gasteiger partial charge < -0.3 is 9.72 Å². The molecule has 1 aliphatic rings. The lowest BCUT2D eigenvalue weighted by molar-refractivity contribution is 0.348. The van der Waals surface area contributed by atoms with E-state index in [1.165, 1.54) is 5.39 Å². The van der Waals surface area contributed by atoms with Crippen LogP contribution in [-0.2, 0) is 4.74 Å². The molecule has 1 aromatic heterocycles. The summed E-state index contributed by atoms with van der Waals surface area (Å²) in [6, 6.07) is 8.24. The van der Waals surface area contributed by atoms with Gasteiger partial charge in [-0.1, -0.05) is 6.07 Å². The van der Waals surface area contributed by atoms with Gasteiger partial charge in [-0.25, -0.2) is 4.99 Å². The fourth-order valence-electron chi connectivity index (χ4n) is 1.69. The van der Waals surface area contributed by atoms with Crippen LogP contribution in [0.15, 0.2) is 35.5 Å². The Balaban J connectivity index is 2.13. The van der Waals surface area contributed by atoms with E-state index in [1.54, 1.807) is 0 Å². The van der Waals surface area contributed by atoms with E-state index in [2.05, 4.69) is 28.2 Å². The fraction of sp³-hybridized carbons (Fsp3) is 0.182. The van der Waals surface area contributed by atoms with Gasteiger partial charge in [0.05, 0.1) is 6.54 Å². The fourth-order valence-corrected chi connectivity index (χ4v) is 1.69. The second kappa shape index (κ2) is 2.87. The Labute approximate surface area is 81.4 Å². The van der Waals surface area contributed by atoms with E-state index in [-0.39, 0.29) is 0 Å². The number of aromatic nitrogens is 1. The Morgan fingerprint density at radius 1 is 1.29 bits per heavy atom. The lowest BCUT2D eigenvalue weighted by atomic mass is 10.1. The summed E-state index contributed by atoms with van der Waals surface area (Å²) in [4.78, 5) is 7.45. The predicted molar refractivity (Wildman–Crippen MR) is 55.7 cm³/mol. The molecule has 70 valence electrons. The van der Waals surface area contributed by atoms with Crippen LogP contribution in [-0.4, -0.2) is 24.0 Å². The third-order valence-electron chi connectivity index (χ3n) is 2.39. The summed E-state index contributed by atoms with van der Waals surface area (Å²) in [6.07, 6.45) is 1.94. The number of hydrogen-bond donors (Lipinski definition) is 1. The topological polar surface area (TPSA) is 37.4 Å². The van der Waals surface area contributed by atoms with Crippen molar-refractivity contribution in [3.8, 4) is 0 Å². The Morgan fingerprint density at radius 2 is 2.29 bits per heavy atom. The molecule has 3 rings (SSSR count). The van der Waals surface area contributed by atoms with Crippen molar-refractivity contribution < 1.29 is 4.74 Å². The average Bonchev–Trinajstić information content (AvgIpc) is 2.88. The van der Waals surface area contributed by atoms with E-state index < -0.39 is 0 Å². The first-order valence-electron chi connectivity index (χ1n) is 4.68. The number of nitrogens with zero attached hydrogens (tertiary/aromatic N) is 1. The Morgan fingerprint density at radius 3 is 3.14 bits per heavy atom. The molecule has 0 fully saturated rings. The quantitative estimate of drug-likeness (QED) is 0.726. The second-order valence-electron chi connectivity index (χ2n) is 3.32. The van der Waals surface area contributed by atoms with Crippen LogP contribution in [0.4, 0.5) is 0 Å². The normalized spacial score (nSPS) is 15.6. The highest BCUT2D eigenvalue weighted by Crippen LogP contribution is 2.16. The number of aromatic amines is 1. The van der Waals surface area contributed by atoms with Crippen molar-refractivity contribution >= 4 is 16.8 Å². The van der Waals surface area contributed by atoms with Gasteiger partial charge in [0.1, 0.15) is 6.61 Å². The molecule has 0 spiro atoms. The standard InChI is InChI=1S/C11H10N2O/c1-2-9(11-13-5-6-14-11)7-10-8(1)3-4-12-10/h1-4,7,12H,5-6H2. The molecule has 0 aliphatic carbocycles. The second-order valence-corrected chi connectivity index (χ2v) is 3.32. The van der Waals surface area contributed by atoms with Crippen molar-refractivity contribution in [2.45, 2.75) is 0 Å². The third kappa shape index (κ3) is 1.09. The summed E-state index contributed by atoms with van der Waals surface area (Å²) in [5.41, 5.74) is 2.18. The van der Waals surface area contributed by atoms with Crippen LogP contribution >= 0.6 is 0 Å². The van der Waals surface area contributed by atoms with Crippen LogP contribution in [0.3, 0.4) is 0 Å². The van der Waals surface area contributed by atoms with Gasteiger partial charge in [0.2, 0.25) is 5.90 Å². The van der Waals surface area contributed by atoms with Crippen LogP contribution in [0.5, 0.6) is 0 Å². The molecule has 0 saturated heterocycles. The average molecular weight is 186 g/mol. The molecule has 0 bridgehead atoms. The zero-order valence-electron chi connectivity index (χ0n) is 7.66. The van der Waals surface area contributed by atoms with Crippen LogP contribution < -0.4 is 0 Å². The van der Waals surface area contributed by atoms with E-state index in [9.17, 15) is 0 Å². The Kier molecular flexibility index (Phi) is 1.56. The van der Waals surface area contributed by atoms with Crippen molar-refractivity contribution in [2.75, 3.05) is 13.2 Å². The zero-order valence-corrected chi connectivity index (χ0v) is 7.66. The summed E-state index contributed by atoms with van der Waals surface area (Å²) in [7, 11) is 0. The molecule has 0 unspecified atom stereocenters. The number of H-pyrrole nitrogens is 1. The summed E-state index contributed by atoms with van der Waals surface area (Å²) in [5.74, 6) is 0.765. The number of aliphatic imine (C=N–C) groups is 1. The predicted octanol–water partition coefficient (Wildman–Crippen LogP) is 1.94. The van der Waals surface area contributed by atoms with Crippen LogP contribution in [0, 0.1) is 0 Å². The lowest BCUT2D eigenvalue weighted by Gasteiger charge is -2.00. The molecular formula is C11H10N2O. The highest BCUT2D eigenvalue weighted by Gasteiger charge is 2.10. The van der Waals surface area contributed by atoms with Gasteiger partial charge in [-0.2, -0.15) is 0 Å². The molecule has 1 aliphatic heterocycles. The number of fused-ring (bicyclic) bond motifs is 1. The summed E-state index contributed by atoms with van der Waals surface area (Å²) in [5, 5.41) is 1.22. The van der Waals surface area contributed by atoms with Gasteiger partial charge in [-0.3, -0.25) is 0 Å². The smallest absolute Gasteiger partial charge is 0.216 e. The highest BCUT2D eigenvalue weighted by atomic mass is 16.5. The van der Waals surface area contributed by atoms with Crippen molar-refractivity contribution in [3.05, 3.63) is 36.0 Å². The molecule has 1 aromatic carbocycles. The van der Waals surface area contributed by atoms with E-state index in [1.807, 2.05) is 12.3 Å². The zero-order chi connectivity index (χ0) is 9.38. The Hall–Kier alpha value is -1.77. The largest absolute Gasteiger partial charge is 0.476 e. The molecule has 3 heteroatoms. The van der Waals surface area contributed by atoms with E-state index in [0.717, 1.165) is 23.5 Å². The van der Waals surface area contributed by atoms with Gasteiger partial charge in [0.25, 0.3) is 0 Å². The number of benzene rings is 1. The van der Waals surface area contributed by atoms with E-state index in [0.29, 0.717) is 6.61 Å². The van der Waals surface area contributed by atoms with Gasteiger partial charge in [0, 0.05) is 17.3 Å². The molecule has 0 atom stereocenters. The molecule has 1 N–H and O–H groups in total. The third-order valence-corrected chi connectivity index (χ3v) is 2.39. The number of hydrogen-bond acceptors (Lipinski definition) is 2. The SMILES string of the molecule is c1cc2ccc(C3=NCCO3)cc2[nH]1. The van der Waals surface area contributed by atoms with Crippen LogP contribution in [0.2, 0.25) is 0 Å². The molecule has 3 nitrogen and oxygen atoms in total. The van der Waals surface area contributed by atoms with E-state index >= 15 is 0 Å². The maximum atomic E-state index is 5.40. The molecule has 0 radical (unpaired) electrons. The monoisotopic (exact) mass is 186 g/mol. The maximum Gasteiger partial charge on any atom is 0.216 e. The van der Waals surface area contributed by atoms with Crippen LogP contribution in [0.1, 0.15) is 5.56 Å². The molecule has 0 amide bonds. The summed E-state index contributed by atoms with van der Waals surface area (Å²) < 4.78 is 5.40. The summed E-state index contributed by atoms with van der Waals surface area (Å²) in [6.45, 7) is 1.48. The van der Waals surface area contributed by atoms with Crippen molar-refractivity contribution in [2.24, 2.45) is 4.99 Å². The minimum Gasteiger partial charge on any atom is -0.476 e.